The molecule has 1 atom stereocenters. The molecule has 0 spiro atoms. The zero-order chi connectivity index (χ0) is 14.7. The van der Waals surface area contributed by atoms with Gasteiger partial charge in [-0.2, -0.15) is 0 Å². The lowest BCUT2D eigenvalue weighted by Gasteiger charge is -2.21. The summed E-state index contributed by atoms with van der Waals surface area (Å²) in [4.78, 5) is 34.5. The Kier molecular flexibility index (Phi) is 4.61. The predicted octanol–water partition coefficient (Wildman–Crippen LogP) is 0.907. The van der Waals surface area contributed by atoms with Crippen molar-refractivity contribution in [2.24, 2.45) is 0 Å². The second-order valence-electron chi connectivity index (χ2n) is 4.40. The highest BCUT2D eigenvalue weighted by atomic mass is 35.5. The Morgan fingerprint density at radius 2 is 2.30 bits per heavy atom. The Labute approximate surface area is 124 Å². The minimum Gasteiger partial charge on any atom is -0.380 e. The maximum absolute atomic E-state index is 11.9. The van der Waals surface area contributed by atoms with Crippen LogP contribution >= 0.6 is 22.9 Å². The first-order valence-corrected chi connectivity index (χ1v) is 7.28. The van der Waals surface area contributed by atoms with Crippen molar-refractivity contribution < 1.29 is 14.4 Å². The zero-order valence-corrected chi connectivity index (χ0v) is 12.4. The van der Waals surface area contributed by atoms with E-state index in [2.05, 4.69) is 16.0 Å². The highest BCUT2D eigenvalue weighted by Gasteiger charge is 2.27. The third kappa shape index (κ3) is 3.49. The van der Waals surface area contributed by atoms with E-state index in [-0.39, 0.29) is 24.7 Å². The lowest BCUT2D eigenvalue weighted by atomic mass is 10.1. The van der Waals surface area contributed by atoms with E-state index >= 15 is 0 Å². The molecule has 0 radical (unpaired) electrons. The highest BCUT2D eigenvalue weighted by molar-refractivity contribution is 7.20. The topological polar surface area (TPSA) is 87.3 Å². The summed E-state index contributed by atoms with van der Waals surface area (Å²) in [6.07, 6.45) is 0.708. The van der Waals surface area contributed by atoms with E-state index in [1.807, 2.05) is 0 Å². The molecule has 1 saturated heterocycles. The van der Waals surface area contributed by atoms with Crippen molar-refractivity contribution in [1.29, 1.82) is 0 Å². The number of carbonyl (C=O) groups is 3. The van der Waals surface area contributed by atoms with Crippen molar-refractivity contribution in [3.8, 4) is 0 Å². The van der Waals surface area contributed by atoms with E-state index in [4.69, 9.17) is 11.6 Å². The Balaban J connectivity index is 1.95. The van der Waals surface area contributed by atoms with Crippen molar-refractivity contribution in [3.63, 3.8) is 0 Å². The summed E-state index contributed by atoms with van der Waals surface area (Å²) in [6.45, 7) is 0. The molecular weight excluding hydrogens is 302 g/mol. The second kappa shape index (κ2) is 6.23. The summed E-state index contributed by atoms with van der Waals surface area (Å²) in [7, 11) is 1.75. The zero-order valence-electron chi connectivity index (χ0n) is 10.8. The molecule has 108 valence electrons. The average molecular weight is 316 g/mol. The number of anilines is 1. The van der Waals surface area contributed by atoms with Crippen molar-refractivity contribution in [2.45, 2.75) is 25.3 Å². The van der Waals surface area contributed by atoms with Crippen LogP contribution in [0.4, 0.5) is 5.00 Å². The van der Waals surface area contributed by atoms with Gasteiger partial charge in [0.2, 0.25) is 17.7 Å². The van der Waals surface area contributed by atoms with Gasteiger partial charge < -0.3 is 10.6 Å². The predicted molar refractivity (Wildman–Crippen MR) is 76.9 cm³/mol. The van der Waals surface area contributed by atoms with Gasteiger partial charge in [-0.3, -0.25) is 19.7 Å². The van der Waals surface area contributed by atoms with Gasteiger partial charge in [0.05, 0.1) is 15.8 Å². The van der Waals surface area contributed by atoms with Crippen LogP contribution in [-0.2, 0) is 20.8 Å². The van der Waals surface area contributed by atoms with Crippen molar-refractivity contribution in [1.82, 2.24) is 10.6 Å². The number of nitrogens with one attached hydrogen (secondary N) is 3. The Morgan fingerprint density at radius 1 is 1.55 bits per heavy atom. The number of halogens is 1. The normalized spacial score (nSPS) is 18.6. The van der Waals surface area contributed by atoms with Gasteiger partial charge in [-0.25, -0.2) is 0 Å². The van der Waals surface area contributed by atoms with E-state index in [1.165, 1.54) is 11.3 Å². The summed E-state index contributed by atoms with van der Waals surface area (Å²) >= 11 is 7.26. The molecule has 0 aliphatic carbocycles. The molecule has 3 N–H and O–H groups in total. The van der Waals surface area contributed by atoms with Crippen LogP contribution in [0.15, 0.2) is 6.07 Å². The molecule has 0 bridgehead atoms. The summed E-state index contributed by atoms with van der Waals surface area (Å²) in [5.74, 6) is -1.03. The van der Waals surface area contributed by atoms with Gasteiger partial charge in [0.15, 0.2) is 0 Å². The number of carbonyl (C=O) groups excluding carboxylic acids is 3. The molecule has 3 amide bonds. The molecule has 8 heteroatoms. The quantitative estimate of drug-likeness (QED) is 0.721. The average Bonchev–Trinajstić information content (AvgIpc) is 2.73. The number of imide groups is 1. The molecule has 2 heterocycles. The number of piperidine rings is 1. The lowest BCUT2D eigenvalue weighted by Crippen LogP contribution is -2.52. The van der Waals surface area contributed by atoms with Crippen LogP contribution in [0.2, 0.25) is 4.34 Å². The van der Waals surface area contributed by atoms with E-state index in [9.17, 15) is 14.4 Å². The molecule has 0 saturated carbocycles. The van der Waals surface area contributed by atoms with Crippen LogP contribution < -0.4 is 16.0 Å². The van der Waals surface area contributed by atoms with Crippen LogP contribution in [0.25, 0.3) is 0 Å². The molecule has 6 nitrogen and oxygen atoms in total. The van der Waals surface area contributed by atoms with Gasteiger partial charge in [-0.15, -0.1) is 11.3 Å². The molecule has 20 heavy (non-hydrogen) atoms. The highest BCUT2D eigenvalue weighted by Crippen LogP contribution is 2.31. The fourth-order valence-electron chi connectivity index (χ4n) is 1.99. The van der Waals surface area contributed by atoms with Crippen LogP contribution in [0, 0.1) is 0 Å². The SMILES string of the molecule is CNc1sc(Cl)cc1CC(=O)NC1CCC(=O)NC1=O. The molecule has 1 aliphatic rings. The number of amides is 3. The molecule has 1 fully saturated rings. The summed E-state index contributed by atoms with van der Waals surface area (Å²) in [5, 5.41) is 8.63. The molecule has 1 unspecified atom stereocenters. The maximum Gasteiger partial charge on any atom is 0.249 e. The first kappa shape index (κ1) is 14.8. The Bertz CT molecular complexity index is 558. The minimum absolute atomic E-state index is 0.136. The largest absolute Gasteiger partial charge is 0.380 e. The third-order valence-corrected chi connectivity index (χ3v) is 4.26. The van der Waals surface area contributed by atoms with Gasteiger partial charge >= 0.3 is 0 Å². The molecule has 1 aromatic heterocycles. The van der Waals surface area contributed by atoms with Crippen LogP contribution in [-0.4, -0.2) is 30.8 Å². The van der Waals surface area contributed by atoms with Gasteiger partial charge in [-0.05, 0) is 18.1 Å². The van der Waals surface area contributed by atoms with Crippen molar-refractivity contribution in [3.05, 3.63) is 16.0 Å². The van der Waals surface area contributed by atoms with Gasteiger partial charge in [0, 0.05) is 13.5 Å². The summed E-state index contributed by atoms with van der Waals surface area (Å²) in [5.41, 5.74) is 0.785. The van der Waals surface area contributed by atoms with E-state index in [0.29, 0.717) is 10.8 Å². The van der Waals surface area contributed by atoms with Crippen LogP contribution in [0.3, 0.4) is 0 Å². The fraction of sp³-hybridized carbons (Fsp3) is 0.417. The van der Waals surface area contributed by atoms with Gasteiger partial charge in [-0.1, -0.05) is 11.6 Å². The minimum atomic E-state index is -0.646. The number of hydrogen-bond acceptors (Lipinski definition) is 5. The van der Waals surface area contributed by atoms with Gasteiger partial charge in [0.1, 0.15) is 6.04 Å². The second-order valence-corrected chi connectivity index (χ2v) is 6.09. The standard InChI is InChI=1S/C12H14ClN3O3S/c1-14-12-6(4-8(13)20-12)5-10(18)15-7-2-3-9(17)16-11(7)19/h4,7,14H,2-3,5H2,1H3,(H,15,18)(H,16,17,19). The Hall–Kier alpha value is -1.60. The molecule has 2 rings (SSSR count). The lowest BCUT2D eigenvalue weighted by molar-refractivity contribution is -0.137. The number of thiophene rings is 1. The third-order valence-electron chi connectivity index (χ3n) is 2.93. The van der Waals surface area contributed by atoms with E-state index in [1.54, 1.807) is 13.1 Å². The number of hydrogen-bond donors (Lipinski definition) is 3. The molecular formula is C12H14ClN3O3S. The molecule has 0 aromatic carbocycles. The molecule has 1 aromatic rings. The van der Waals surface area contributed by atoms with E-state index < -0.39 is 11.9 Å². The summed E-state index contributed by atoms with van der Waals surface area (Å²) < 4.78 is 0.596. The van der Waals surface area contributed by atoms with E-state index in [0.717, 1.165) is 10.6 Å². The smallest absolute Gasteiger partial charge is 0.249 e. The van der Waals surface area contributed by atoms with Crippen LogP contribution in [0.1, 0.15) is 18.4 Å². The first-order chi connectivity index (χ1) is 9.49. The molecule has 1 aliphatic heterocycles. The van der Waals surface area contributed by atoms with Crippen LogP contribution in [0.5, 0.6) is 0 Å². The fourth-order valence-corrected chi connectivity index (χ4v) is 3.11. The van der Waals surface area contributed by atoms with Gasteiger partial charge in [0.25, 0.3) is 0 Å². The maximum atomic E-state index is 11.9. The Morgan fingerprint density at radius 3 is 2.95 bits per heavy atom. The summed E-state index contributed by atoms with van der Waals surface area (Å²) in [6, 6.07) is 1.08. The van der Waals surface area contributed by atoms with Crippen molar-refractivity contribution in [2.75, 3.05) is 12.4 Å². The first-order valence-electron chi connectivity index (χ1n) is 6.08. The number of rotatable bonds is 4. The monoisotopic (exact) mass is 315 g/mol. The van der Waals surface area contributed by atoms with Crippen molar-refractivity contribution >= 4 is 45.7 Å².